The van der Waals surface area contributed by atoms with Gasteiger partial charge in [-0.25, -0.2) is 4.99 Å². The van der Waals surface area contributed by atoms with Crippen LogP contribution in [0.4, 0.5) is 0 Å². The molecule has 14 heavy (non-hydrogen) atoms. The summed E-state index contributed by atoms with van der Waals surface area (Å²) in [6.45, 7) is 0.826. The number of rotatable bonds is 2. The maximum Gasteiger partial charge on any atom is 0.153 e. The molecular weight excluding hydrogens is 180 g/mol. The minimum atomic E-state index is -0.778. The normalized spacial score (nSPS) is 36.6. The van der Waals surface area contributed by atoms with Gasteiger partial charge in [-0.05, 0) is 12.8 Å². The van der Waals surface area contributed by atoms with Crippen LogP contribution in [0.15, 0.2) is 16.9 Å². The molecule has 0 saturated carbocycles. The Bertz CT molecular complexity index is 270. The quantitative estimate of drug-likeness (QED) is 0.563. The zero-order valence-corrected chi connectivity index (χ0v) is 8.07. The van der Waals surface area contributed by atoms with E-state index in [1.165, 1.54) is 0 Å². The number of hydrogen-bond donors (Lipinski definition) is 3. The lowest BCUT2D eigenvalue weighted by molar-refractivity contribution is 0.0892. The van der Waals surface area contributed by atoms with E-state index in [1.807, 2.05) is 0 Å². The van der Waals surface area contributed by atoms with E-state index in [0.717, 1.165) is 19.4 Å². The summed E-state index contributed by atoms with van der Waals surface area (Å²) in [5.74, 6) is 0. The fourth-order valence-electron chi connectivity index (χ4n) is 1.80. The van der Waals surface area contributed by atoms with E-state index in [9.17, 15) is 0 Å². The molecule has 0 aromatic rings. The summed E-state index contributed by atoms with van der Waals surface area (Å²) in [5.41, 5.74) is 11.7. The van der Waals surface area contributed by atoms with Crippen molar-refractivity contribution in [3.8, 4) is 0 Å². The predicted molar refractivity (Wildman–Crippen MR) is 54.4 cm³/mol. The molecule has 0 amide bonds. The van der Waals surface area contributed by atoms with Gasteiger partial charge in [0.2, 0.25) is 0 Å². The van der Waals surface area contributed by atoms with Gasteiger partial charge in [0.25, 0.3) is 0 Å². The third kappa shape index (κ3) is 1.73. The molecule has 1 unspecified atom stereocenters. The van der Waals surface area contributed by atoms with Gasteiger partial charge in [0, 0.05) is 19.2 Å². The lowest BCUT2D eigenvalue weighted by atomic mass is 9.98. The Morgan fingerprint density at radius 3 is 3.21 bits per heavy atom. The van der Waals surface area contributed by atoms with Crippen molar-refractivity contribution in [2.75, 3.05) is 6.61 Å². The van der Waals surface area contributed by atoms with Gasteiger partial charge in [-0.1, -0.05) is 0 Å². The first kappa shape index (κ1) is 9.48. The van der Waals surface area contributed by atoms with E-state index < -0.39 is 5.66 Å². The SMILES string of the molecule is NC1=CNC=NC1(N)C[C@H]1CCCO1. The van der Waals surface area contributed by atoms with Crippen LogP contribution in [0.25, 0.3) is 0 Å². The maximum absolute atomic E-state index is 6.07. The number of nitrogens with one attached hydrogen (secondary N) is 1. The number of aliphatic imine (C=N–C) groups is 1. The Hall–Kier alpha value is -1.07. The van der Waals surface area contributed by atoms with Crippen molar-refractivity contribution < 1.29 is 4.74 Å². The van der Waals surface area contributed by atoms with E-state index in [4.69, 9.17) is 16.2 Å². The number of hydrogen-bond acceptors (Lipinski definition) is 5. The largest absolute Gasteiger partial charge is 0.398 e. The molecule has 78 valence electrons. The van der Waals surface area contributed by atoms with Crippen LogP contribution in [0.1, 0.15) is 19.3 Å². The van der Waals surface area contributed by atoms with E-state index >= 15 is 0 Å². The first-order valence-corrected chi connectivity index (χ1v) is 4.87. The van der Waals surface area contributed by atoms with Crippen molar-refractivity contribution in [2.45, 2.75) is 31.0 Å². The van der Waals surface area contributed by atoms with Gasteiger partial charge in [-0.3, -0.25) is 0 Å². The molecule has 5 nitrogen and oxygen atoms in total. The van der Waals surface area contributed by atoms with Crippen molar-refractivity contribution in [2.24, 2.45) is 16.5 Å². The average molecular weight is 196 g/mol. The van der Waals surface area contributed by atoms with Crippen LogP contribution in [0, 0.1) is 0 Å². The van der Waals surface area contributed by atoms with Gasteiger partial charge >= 0.3 is 0 Å². The molecule has 0 radical (unpaired) electrons. The predicted octanol–water partition coefficient (Wildman–Crippen LogP) is -0.358. The second-order valence-corrected chi connectivity index (χ2v) is 3.79. The van der Waals surface area contributed by atoms with E-state index in [2.05, 4.69) is 10.3 Å². The minimum absolute atomic E-state index is 0.196. The molecule has 0 aromatic heterocycles. The van der Waals surface area contributed by atoms with Gasteiger partial charge < -0.3 is 21.5 Å². The third-order valence-electron chi connectivity index (χ3n) is 2.67. The number of nitrogens with zero attached hydrogens (tertiary/aromatic N) is 1. The van der Waals surface area contributed by atoms with Crippen LogP contribution in [0.3, 0.4) is 0 Å². The molecule has 0 aromatic carbocycles. The molecule has 5 N–H and O–H groups in total. The summed E-state index contributed by atoms with van der Waals surface area (Å²) in [4.78, 5) is 4.17. The van der Waals surface area contributed by atoms with Gasteiger partial charge in [-0.2, -0.15) is 0 Å². The van der Waals surface area contributed by atoms with Crippen molar-refractivity contribution in [3.05, 3.63) is 11.9 Å². The molecule has 0 spiro atoms. The molecule has 2 atom stereocenters. The minimum Gasteiger partial charge on any atom is -0.398 e. The Balaban J connectivity index is 2.03. The molecule has 2 heterocycles. The highest BCUT2D eigenvalue weighted by atomic mass is 16.5. The lowest BCUT2D eigenvalue weighted by Crippen LogP contribution is -2.48. The average Bonchev–Trinajstić information content (AvgIpc) is 2.63. The van der Waals surface area contributed by atoms with Gasteiger partial charge in [0.1, 0.15) is 0 Å². The lowest BCUT2D eigenvalue weighted by Gasteiger charge is -2.30. The first-order chi connectivity index (χ1) is 6.71. The first-order valence-electron chi connectivity index (χ1n) is 4.87. The van der Waals surface area contributed by atoms with Crippen LogP contribution >= 0.6 is 0 Å². The topological polar surface area (TPSA) is 85.7 Å². The Morgan fingerprint density at radius 1 is 1.71 bits per heavy atom. The molecule has 2 aliphatic rings. The summed E-state index contributed by atoms with van der Waals surface area (Å²) in [6.07, 6.45) is 6.27. The van der Waals surface area contributed by atoms with Crippen LogP contribution in [-0.2, 0) is 4.74 Å². The fourth-order valence-corrected chi connectivity index (χ4v) is 1.80. The van der Waals surface area contributed by atoms with Gasteiger partial charge in [-0.15, -0.1) is 0 Å². The van der Waals surface area contributed by atoms with Crippen molar-refractivity contribution in [1.29, 1.82) is 0 Å². The highest BCUT2D eigenvalue weighted by molar-refractivity contribution is 5.59. The number of nitrogens with two attached hydrogens (primary N) is 2. The van der Waals surface area contributed by atoms with Gasteiger partial charge in [0.15, 0.2) is 5.66 Å². The Morgan fingerprint density at radius 2 is 2.57 bits per heavy atom. The number of ether oxygens (including phenoxy) is 1. The Labute approximate surface area is 83.2 Å². The summed E-state index contributed by atoms with van der Waals surface area (Å²) < 4.78 is 5.51. The molecule has 5 heteroatoms. The van der Waals surface area contributed by atoms with Crippen LogP contribution in [-0.4, -0.2) is 24.7 Å². The summed E-state index contributed by atoms with van der Waals surface area (Å²) in [7, 11) is 0. The van der Waals surface area contributed by atoms with Gasteiger partial charge in [0.05, 0.1) is 18.1 Å². The highest BCUT2D eigenvalue weighted by Gasteiger charge is 2.33. The second kappa shape index (κ2) is 3.59. The van der Waals surface area contributed by atoms with Crippen LogP contribution in [0.5, 0.6) is 0 Å². The van der Waals surface area contributed by atoms with Crippen LogP contribution < -0.4 is 16.8 Å². The van der Waals surface area contributed by atoms with E-state index in [0.29, 0.717) is 12.1 Å². The fraction of sp³-hybridized carbons (Fsp3) is 0.667. The van der Waals surface area contributed by atoms with Crippen LogP contribution in [0.2, 0.25) is 0 Å². The van der Waals surface area contributed by atoms with Crippen molar-refractivity contribution >= 4 is 6.34 Å². The second-order valence-electron chi connectivity index (χ2n) is 3.79. The highest BCUT2D eigenvalue weighted by Crippen LogP contribution is 2.25. The molecule has 0 aliphatic carbocycles. The van der Waals surface area contributed by atoms with E-state index in [-0.39, 0.29) is 6.10 Å². The summed E-state index contributed by atoms with van der Waals surface area (Å²) in [6, 6.07) is 0. The zero-order valence-electron chi connectivity index (χ0n) is 8.07. The summed E-state index contributed by atoms with van der Waals surface area (Å²) >= 11 is 0. The zero-order chi connectivity index (χ0) is 10.0. The smallest absolute Gasteiger partial charge is 0.153 e. The molecular formula is C9H16N4O. The van der Waals surface area contributed by atoms with Crippen molar-refractivity contribution in [1.82, 2.24) is 5.32 Å². The molecule has 1 saturated heterocycles. The summed E-state index contributed by atoms with van der Waals surface area (Å²) in [5, 5.41) is 2.82. The standard InChI is InChI=1S/C9H16N4O/c10-8-5-12-6-13-9(8,11)4-7-2-1-3-14-7/h5-7H,1-4,10-11H2,(H,12,13)/t7-,9?/m1/s1. The molecule has 1 fully saturated rings. The molecule has 0 bridgehead atoms. The monoisotopic (exact) mass is 196 g/mol. The Kier molecular flexibility index (Phi) is 2.43. The molecule has 2 aliphatic heterocycles. The van der Waals surface area contributed by atoms with Crippen molar-refractivity contribution in [3.63, 3.8) is 0 Å². The maximum atomic E-state index is 6.07. The molecule has 2 rings (SSSR count). The third-order valence-corrected chi connectivity index (χ3v) is 2.67. The van der Waals surface area contributed by atoms with E-state index in [1.54, 1.807) is 12.5 Å².